The Morgan fingerprint density at radius 1 is 0.880 bits per heavy atom. The monoisotopic (exact) mass is 362 g/mol. The van der Waals surface area contributed by atoms with E-state index >= 15 is 0 Å². The lowest BCUT2D eigenvalue weighted by Gasteiger charge is -2.39. The zero-order chi connectivity index (χ0) is 19.0. The van der Waals surface area contributed by atoms with Crippen LogP contribution in [0.5, 0.6) is 0 Å². The molecule has 152 valence electrons. The van der Waals surface area contributed by atoms with Gasteiger partial charge in [-0.1, -0.05) is 58.8 Å². The lowest BCUT2D eigenvalue weighted by molar-refractivity contribution is -0.949. The Kier molecular flexibility index (Phi) is 15.9. The number of aliphatic hydroxyl groups excluding tert-OH is 3. The largest absolute Gasteiger partial charge is 0.391 e. The van der Waals surface area contributed by atoms with Gasteiger partial charge in [0.1, 0.15) is 25.7 Å². The van der Waals surface area contributed by atoms with Crippen molar-refractivity contribution in [3.05, 3.63) is 0 Å². The smallest absolute Gasteiger partial charge is 0.183 e. The van der Waals surface area contributed by atoms with E-state index < -0.39 is 6.10 Å². The molecule has 0 rings (SSSR count). The molecule has 0 saturated heterocycles. The topological polar surface area (TPSA) is 69.9 Å². The average molecular weight is 363 g/mol. The number of hydrogen-bond donors (Lipinski definition) is 3. The maximum absolute atomic E-state index is 9.79. The highest BCUT2D eigenvalue weighted by Crippen LogP contribution is 2.16. The second kappa shape index (κ2) is 16.0. The van der Waals surface area contributed by atoms with Gasteiger partial charge in [0.05, 0.1) is 19.3 Å². The molecule has 0 heterocycles. The highest BCUT2D eigenvalue weighted by molar-refractivity contribution is 4.57. The molecular weight excluding hydrogens is 318 g/mol. The van der Waals surface area contributed by atoms with E-state index in [2.05, 4.69) is 13.8 Å². The lowest BCUT2D eigenvalue weighted by atomic mass is 10.1. The molecule has 2 unspecified atom stereocenters. The van der Waals surface area contributed by atoms with Gasteiger partial charge in [0, 0.05) is 0 Å². The Labute approximate surface area is 155 Å². The highest BCUT2D eigenvalue weighted by Gasteiger charge is 2.29. The van der Waals surface area contributed by atoms with E-state index in [0.29, 0.717) is 30.8 Å². The summed E-state index contributed by atoms with van der Waals surface area (Å²) in [4.78, 5) is 0. The van der Waals surface area contributed by atoms with E-state index in [-0.39, 0.29) is 19.3 Å². The number of ether oxygens (including phenoxy) is 1. The zero-order valence-corrected chi connectivity index (χ0v) is 17.0. The van der Waals surface area contributed by atoms with Crippen LogP contribution in [0.2, 0.25) is 0 Å². The molecule has 0 radical (unpaired) electrons. The predicted molar refractivity (Wildman–Crippen MR) is 103 cm³/mol. The first-order valence-electron chi connectivity index (χ1n) is 10.4. The molecule has 3 N–H and O–H groups in total. The molecule has 0 amide bonds. The molecule has 0 saturated carbocycles. The van der Waals surface area contributed by atoms with Gasteiger partial charge in [-0.15, -0.1) is 0 Å². The van der Waals surface area contributed by atoms with Crippen molar-refractivity contribution in [2.45, 2.75) is 90.8 Å². The van der Waals surface area contributed by atoms with Crippen molar-refractivity contribution < 1.29 is 24.5 Å². The Hall–Kier alpha value is -0.200. The fraction of sp³-hybridized carbons (Fsp3) is 1.00. The van der Waals surface area contributed by atoms with Crippen molar-refractivity contribution in [2.24, 2.45) is 0 Å². The molecule has 0 aliphatic carbocycles. The standard InChI is InChI=1S/C20H44NO4/c1-4-6-7-8-9-10-11-12-20(5-2)25-18-21(13-15-22,14-16-23)17-19(3)24/h19-20,22-24H,4-18H2,1-3H3/q+1. The molecule has 0 aliphatic rings. The van der Waals surface area contributed by atoms with E-state index in [1.165, 1.54) is 44.9 Å². The van der Waals surface area contributed by atoms with E-state index in [9.17, 15) is 15.3 Å². The van der Waals surface area contributed by atoms with Crippen molar-refractivity contribution in [3.63, 3.8) is 0 Å². The first kappa shape index (κ1) is 24.8. The second-order valence-corrected chi connectivity index (χ2v) is 7.50. The van der Waals surface area contributed by atoms with Crippen molar-refractivity contribution >= 4 is 0 Å². The third kappa shape index (κ3) is 12.7. The van der Waals surface area contributed by atoms with Crippen LogP contribution < -0.4 is 0 Å². The van der Waals surface area contributed by atoms with E-state index in [1.54, 1.807) is 6.92 Å². The highest BCUT2D eigenvalue weighted by atomic mass is 16.5. The summed E-state index contributed by atoms with van der Waals surface area (Å²) in [5, 5.41) is 28.6. The van der Waals surface area contributed by atoms with Crippen LogP contribution in [0.15, 0.2) is 0 Å². The van der Waals surface area contributed by atoms with Gasteiger partial charge in [-0.25, -0.2) is 0 Å². The SMILES string of the molecule is CCCCCCCCCC(CC)OC[N+](CCO)(CCO)CC(C)O. The van der Waals surface area contributed by atoms with Crippen LogP contribution >= 0.6 is 0 Å². The quantitative estimate of drug-likeness (QED) is 0.199. The number of unbranched alkanes of at least 4 members (excludes halogenated alkanes) is 6. The summed E-state index contributed by atoms with van der Waals surface area (Å²) in [7, 11) is 0. The van der Waals surface area contributed by atoms with Crippen molar-refractivity contribution in [3.8, 4) is 0 Å². The van der Waals surface area contributed by atoms with Crippen LogP contribution in [0.3, 0.4) is 0 Å². The van der Waals surface area contributed by atoms with Gasteiger partial charge in [0.2, 0.25) is 0 Å². The summed E-state index contributed by atoms with van der Waals surface area (Å²) >= 11 is 0. The van der Waals surface area contributed by atoms with Gasteiger partial charge in [0.15, 0.2) is 6.73 Å². The molecule has 0 aromatic rings. The van der Waals surface area contributed by atoms with Gasteiger partial charge >= 0.3 is 0 Å². The summed E-state index contributed by atoms with van der Waals surface area (Å²) in [6.07, 6.45) is 10.9. The molecule has 0 bridgehead atoms. The lowest BCUT2D eigenvalue weighted by Crippen LogP contribution is -2.56. The van der Waals surface area contributed by atoms with Gasteiger partial charge in [-0.05, 0) is 19.8 Å². The van der Waals surface area contributed by atoms with Crippen LogP contribution in [0.25, 0.3) is 0 Å². The minimum Gasteiger partial charge on any atom is -0.391 e. The summed E-state index contributed by atoms with van der Waals surface area (Å²) < 4.78 is 6.56. The van der Waals surface area contributed by atoms with Crippen molar-refractivity contribution in [2.75, 3.05) is 39.6 Å². The molecular formula is C20H44NO4+. The Bertz CT molecular complexity index is 281. The number of hydrogen-bond acceptors (Lipinski definition) is 4. The second-order valence-electron chi connectivity index (χ2n) is 7.50. The summed E-state index contributed by atoms with van der Waals surface area (Å²) in [5.74, 6) is 0. The number of rotatable bonds is 18. The van der Waals surface area contributed by atoms with E-state index in [0.717, 1.165) is 12.8 Å². The number of nitrogens with zero attached hydrogens (tertiary/aromatic N) is 1. The molecule has 5 heteroatoms. The fourth-order valence-electron chi connectivity index (χ4n) is 3.46. The van der Waals surface area contributed by atoms with Gasteiger partial charge in [-0.3, -0.25) is 4.48 Å². The first-order chi connectivity index (χ1) is 12.0. The van der Waals surface area contributed by atoms with Gasteiger partial charge in [-0.2, -0.15) is 0 Å². The van der Waals surface area contributed by atoms with Crippen LogP contribution in [-0.2, 0) is 4.74 Å². The van der Waals surface area contributed by atoms with Crippen LogP contribution in [0.4, 0.5) is 0 Å². The Morgan fingerprint density at radius 2 is 1.44 bits per heavy atom. The van der Waals surface area contributed by atoms with E-state index in [4.69, 9.17) is 4.74 Å². The normalized spacial score (nSPS) is 14.6. The Balaban J connectivity index is 4.27. The summed E-state index contributed by atoms with van der Waals surface area (Å²) in [5.41, 5.74) is 0. The minimum absolute atomic E-state index is 0.0324. The average Bonchev–Trinajstić information content (AvgIpc) is 2.56. The Morgan fingerprint density at radius 3 is 1.92 bits per heavy atom. The maximum atomic E-state index is 9.79. The molecule has 0 aliphatic heterocycles. The zero-order valence-electron chi connectivity index (χ0n) is 17.0. The molecule has 2 atom stereocenters. The van der Waals surface area contributed by atoms with Crippen LogP contribution in [0, 0.1) is 0 Å². The third-order valence-corrected chi connectivity index (χ3v) is 4.97. The van der Waals surface area contributed by atoms with Crippen LogP contribution in [-0.4, -0.2) is 71.6 Å². The molecule has 0 aromatic heterocycles. The van der Waals surface area contributed by atoms with Crippen molar-refractivity contribution in [1.82, 2.24) is 0 Å². The maximum Gasteiger partial charge on any atom is 0.183 e. The minimum atomic E-state index is -0.482. The summed E-state index contributed by atoms with van der Waals surface area (Å²) in [6, 6.07) is 0. The summed E-state index contributed by atoms with van der Waals surface area (Å²) in [6.45, 7) is 8.14. The van der Waals surface area contributed by atoms with Gasteiger partial charge in [0.25, 0.3) is 0 Å². The fourth-order valence-corrected chi connectivity index (χ4v) is 3.46. The number of quaternary nitrogens is 1. The molecule has 0 fully saturated rings. The molecule has 25 heavy (non-hydrogen) atoms. The molecule has 0 aromatic carbocycles. The van der Waals surface area contributed by atoms with Crippen LogP contribution in [0.1, 0.15) is 78.6 Å². The third-order valence-electron chi connectivity index (χ3n) is 4.97. The molecule has 0 spiro atoms. The molecule has 5 nitrogen and oxygen atoms in total. The van der Waals surface area contributed by atoms with E-state index in [1.807, 2.05) is 0 Å². The van der Waals surface area contributed by atoms with Gasteiger partial charge < -0.3 is 20.1 Å². The number of aliphatic hydroxyl groups is 3. The van der Waals surface area contributed by atoms with Crippen molar-refractivity contribution in [1.29, 1.82) is 0 Å². The first-order valence-corrected chi connectivity index (χ1v) is 10.4. The predicted octanol–water partition coefficient (Wildman–Crippen LogP) is 3.06.